The Kier molecular flexibility index (Phi) is 4.93. The number of anilines is 1. The fourth-order valence-electron chi connectivity index (χ4n) is 2.82. The molecular formula is C19H13F3N4O2S. The number of fused-ring (bicyclic) bond motifs is 1. The van der Waals surface area contributed by atoms with Crippen LogP contribution >= 0.6 is 11.3 Å². The zero-order valence-corrected chi connectivity index (χ0v) is 15.5. The summed E-state index contributed by atoms with van der Waals surface area (Å²) in [7, 11) is 0. The van der Waals surface area contributed by atoms with Crippen molar-refractivity contribution < 1.29 is 22.7 Å². The summed E-state index contributed by atoms with van der Waals surface area (Å²) in [6.45, 7) is 0. The van der Waals surface area contributed by atoms with Crippen molar-refractivity contribution in [2.75, 3.05) is 5.32 Å². The average Bonchev–Trinajstić information content (AvgIpc) is 3.30. The number of alkyl halides is 3. The fourth-order valence-corrected chi connectivity index (χ4v) is 3.37. The Morgan fingerprint density at radius 3 is 2.86 bits per heavy atom. The highest BCUT2D eigenvalue weighted by molar-refractivity contribution is 7.13. The Bertz CT molecular complexity index is 1160. The van der Waals surface area contributed by atoms with E-state index in [1.807, 2.05) is 0 Å². The van der Waals surface area contributed by atoms with Gasteiger partial charge in [-0.15, -0.1) is 24.5 Å². The van der Waals surface area contributed by atoms with Crippen LogP contribution in [0.5, 0.6) is 5.75 Å². The van der Waals surface area contributed by atoms with Gasteiger partial charge in [0, 0.05) is 35.1 Å². The minimum Gasteiger partial charge on any atom is -0.406 e. The molecular weight excluding hydrogens is 405 g/mol. The van der Waals surface area contributed by atoms with Crippen LogP contribution in [0.2, 0.25) is 0 Å². The molecule has 0 aliphatic carbocycles. The lowest BCUT2D eigenvalue weighted by Gasteiger charge is -2.09. The van der Waals surface area contributed by atoms with E-state index < -0.39 is 6.36 Å². The molecule has 1 amide bonds. The van der Waals surface area contributed by atoms with E-state index in [0.29, 0.717) is 27.6 Å². The van der Waals surface area contributed by atoms with E-state index in [0.717, 1.165) is 0 Å². The molecule has 6 nitrogen and oxygen atoms in total. The van der Waals surface area contributed by atoms with Crippen LogP contribution in [-0.2, 0) is 11.2 Å². The van der Waals surface area contributed by atoms with Crippen LogP contribution in [0.25, 0.3) is 16.9 Å². The van der Waals surface area contributed by atoms with Crippen LogP contribution < -0.4 is 10.1 Å². The van der Waals surface area contributed by atoms with Crippen LogP contribution in [0.3, 0.4) is 0 Å². The molecule has 0 atom stereocenters. The fraction of sp³-hybridized carbons (Fsp3) is 0.105. The number of hydrogen-bond acceptors (Lipinski definition) is 5. The van der Waals surface area contributed by atoms with Crippen molar-refractivity contribution >= 4 is 28.0 Å². The van der Waals surface area contributed by atoms with E-state index in [2.05, 4.69) is 20.0 Å². The monoisotopic (exact) mass is 418 g/mol. The highest BCUT2D eigenvalue weighted by Crippen LogP contribution is 2.28. The van der Waals surface area contributed by atoms with Crippen molar-refractivity contribution in [3.05, 3.63) is 65.9 Å². The van der Waals surface area contributed by atoms with Gasteiger partial charge in [0.25, 0.3) is 0 Å². The predicted molar refractivity (Wildman–Crippen MR) is 102 cm³/mol. The summed E-state index contributed by atoms with van der Waals surface area (Å²) in [6.07, 6.45) is 0.347. The molecule has 10 heteroatoms. The number of ether oxygens (including phenoxy) is 1. The summed E-state index contributed by atoms with van der Waals surface area (Å²) in [4.78, 5) is 20.8. The molecule has 0 bridgehead atoms. The molecule has 1 N–H and O–H groups in total. The number of amides is 1. The maximum absolute atomic E-state index is 12.5. The number of thiazole rings is 1. The van der Waals surface area contributed by atoms with Gasteiger partial charge in [0.1, 0.15) is 11.4 Å². The van der Waals surface area contributed by atoms with Gasteiger partial charge < -0.3 is 14.5 Å². The summed E-state index contributed by atoms with van der Waals surface area (Å²) in [5.74, 6) is -0.562. The number of imidazole rings is 1. The SMILES string of the molecule is O=C(Cc1cccn2cc(-c3cccc(OC(F)(F)F)c3)nc12)Nc1nccs1. The number of pyridine rings is 1. The minimum absolute atomic E-state index is 0.0810. The largest absolute Gasteiger partial charge is 0.573 e. The molecule has 4 aromatic rings. The smallest absolute Gasteiger partial charge is 0.406 e. The Labute approximate surface area is 166 Å². The number of nitrogens with one attached hydrogen (secondary N) is 1. The number of carbonyl (C=O) groups is 1. The molecule has 0 saturated carbocycles. The Morgan fingerprint density at radius 1 is 1.24 bits per heavy atom. The van der Waals surface area contributed by atoms with Crippen LogP contribution in [0.1, 0.15) is 5.56 Å². The van der Waals surface area contributed by atoms with Crippen molar-refractivity contribution in [3.63, 3.8) is 0 Å². The summed E-state index contributed by atoms with van der Waals surface area (Å²) in [6, 6.07) is 9.14. The Morgan fingerprint density at radius 2 is 2.10 bits per heavy atom. The van der Waals surface area contributed by atoms with Gasteiger partial charge in [-0.2, -0.15) is 0 Å². The molecule has 0 aliphatic rings. The molecule has 0 unspecified atom stereocenters. The van der Waals surface area contributed by atoms with Crippen molar-refractivity contribution in [2.24, 2.45) is 0 Å². The van der Waals surface area contributed by atoms with Gasteiger partial charge in [-0.05, 0) is 18.2 Å². The Hall–Kier alpha value is -3.40. The van der Waals surface area contributed by atoms with Crippen LogP contribution in [0.4, 0.5) is 18.3 Å². The molecule has 0 radical (unpaired) electrons. The first-order valence-corrected chi connectivity index (χ1v) is 9.27. The van der Waals surface area contributed by atoms with E-state index in [1.165, 1.54) is 29.5 Å². The highest BCUT2D eigenvalue weighted by Gasteiger charge is 2.31. The molecule has 3 aromatic heterocycles. The normalized spacial score (nSPS) is 11.6. The maximum Gasteiger partial charge on any atom is 0.573 e. The molecule has 4 rings (SSSR count). The third-order valence-electron chi connectivity index (χ3n) is 3.96. The lowest BCUT2D eigenvalue weighted by atomic mass is 10.1. The quantitative estimate of drug-likeness (QED) is 0.517. The third-order valence-corrected chi connectivity index (χ3v) is 4.65. The first kappa shape index (κ1) is 18.9. The molecule has 3 heterocycles. The van der Waals surface area contributed by atoms with Gasteiger partial charge in [0.05, 0.1) is 12.1 Å². The van der Waals surface area contributed by atoms with Gasteiger partial charge in [-0.25, -0.2) is 9.97 Å². The topological polar surface area (TPSA) is 68.5 Å². The second-order valence-corrected chi connectivity index (χ2v) is 6.92. The molecule has 1 aromatic carbocycles. The van der Waals surface area contributed by atoms with Crippen LogP contribution in [-0.4, -0.2) is 26.6 Å². The number of nitrogens with zero attached hydrogens (tertiary/aromatic N) is 3. The standard InChI is InChI=1S/C19H13F3N4O2S/c20-19(21,22)28-14-5-1-3-12(9-14)15-11-26-7-2-4-13(17(26)24-15)10-16(27)25-18-23-6-8-29-18/h1-9,11H,10H2,(H,23,25,27). The Balaban J connectivity index is 1.61. The van der Waals surface area contributed by atoms with Gasteiger partial charge in [0.2, 0.25) is 5.91 Å². The van der Waals surface area contributed by atoms with Gasteiger partial charge in [0.15, 0.2) is 5.13 Å². The summed E-state index contributed by atoms with van der Waals surface area (Å²) >= 11 is 1.32. The van der Waals surface area contributed by atoms with E-state index in [-0.39, 0.29) is 18.1 Å². The van der Waals surface area contributed by atoms with E-state index in [9.17, 15) is 18.0 Å². The molecule has 29 heavy (non-hydrogen) atoms. The molecule has 0 spiro atoms. The predicted octanol–water partition coefficient (Wildman–Crippen LogP) is 4.54. The molecule has 0 fully saturated rings. The summed E-state index contributed by atoms with van der Waals surface area (Å²) < 4.78 is 43.1. The molecule has 0 saturated heterocycles. The minimum atomic E-state index is -4.77. The third kappa shape index (κ3) is 4.54. The van der Waals surface area contributed by atoms with Gasteiger partial charge >= 0.3 is 6.36 Å². The number of aromatic nitrogens is 3. The highest BCUT2D eigenvalue weighted by atomic mass is 32.1. The molecule has 0 aliphatic heterocycles. The lowest BCUT2D eigenvalue weighted by molar-refractivity contribution is -0.274. The first-order valence-electron chi connectivity index (χ1n) is 8.39. The first-order chi connectivity index (χ1) is 13.9. The van der Waals surface area contributed by atoms with E-state index in [4.69, 9.17) is 0 Å². The zero-order valence-electron chi connectivity index (χ0n) is 14.7. The number of hydrogen-bond donors (Lipinski definition) is 1. The van der Waals surface area contributed by atoms with Crippen molar-refractivity contribution in [2.45, 2.75) is 12.8 Å². The van der Waals surface area contributed by atoms with Crippen LogP contribution in [0.15, 0.2) is 60.4 Å². The van der Waals surface area contributed by atoms with Crippen molar-refractivity contribution in [1.82, 2.24) is 14.4 Å². The van der Waals surface area contributed by atoms with Gasteiger partial charge in [-0.1, -0.05) is 18.2 Å². The second-order valence-electron chi connectivity index (χ2n) is 6.03. The zero-order chi connectivity index (χ0) is 20.4. The molecule has 148 valence electrons. The summed E-state index contributed by atoms with van der Waals surface area (Å²) in [5, 5.41) is 4.98. The number of halogens is 3. The average molecular weight is 418 g/mol. The van der Waals surface area contributed by atoms with E-state index in [1.54, 1.807) is 46.6 Å². The van der Waals surface area contributed by atoms with E-state index >= 15 is 0 Å². The van der Waals surface area contributed by atoms with Crippen molar-refractivity contribution in [1.29, 1.82) is 0 Å². The van der Waals surface area contributed by atoms with Crippen molar-refractivity contribution in [3.8, 4) is 17.0 Å². The lowest BCUT2D eigenvalue weighted by Crippen LogP contribution is -2.17. The summed E-state index contributed by atoms with van der Waals surface area (Å²) in [5.41, 5.74) is 2.15. The number of benzene rings is 1. The number of carbonyl (C=O) groups excluding carboxylic acids is 1. The van der Waals surface area contributed by atoms with Gasteiger partial charge in [-0.3, -0.25) is 4.79 Å². The van der Waals surface area contributed by atoms with Crippen LogP contribution in [0, 0.1) is 0 Å². The maximum atomic E-state index is 12.5. The second kappa shape index (κ2) is 7.55. The number of rotatable bonds is 5.